The van der Waals surface area contributed by atoms with E-state index >= 15 is 0 Å². The Morgan fingerprint density at radius 3 is 2.33 bits per heavy atom. The Kier molecular flexibility index (Phi) is 6.41. The van der Waals surface area contributed by atoms with E-state index in [4.69, 9.17) is 5.73 Å². The number of carbonyl (C=O) groups is 1. The van der Waals surface area contributed by atoms with Gasteiger partial charge in [-0.15, -0.1) is 0 Å². The summed E-state index contributed by atoms with van der Waals surface area (Å²) in [6, 6.07) is 13.5. The highest BCUT2D eigenvalue weighted by Crippen LogP contribution is 2.22. The second-order valence-corrected chi connectivity index (χ2v) is 9.27. The van der Waals surface area contributed by atoms with E-state index < -0.39 is 21.6 Å². The highest BCUT2D eigenvalue weighted by atomic mass is 32.2. The molecule has 2 rings (SSSR count). The number of hydrogen-bond acceptors (Lipinski definition) is 4. The van der Waals surface area contributed by atoms with Crippen LogP contribution in [0.5, 0.6) is 0 Å². The monoisotopic (exact) mass is 389 g/mol. The van der Waals surface area contributed by atoms with Crippen LogP contribution in [0.3, 0.4) is 0 Å². The maximum atomic E-state index is 12.6. The molecular weight excluding hydrogens is 362 g/mol. The summed E-state index contributed by atoms with van der Waals surface area (Å²) < 4.78 is 27.9. The van der Waals surface area contributed by atoms with Crippen molar-refractivity contribution in [3.05, 3.63) is 59.7 Å². The van der Waals surface area contributed by atoms with Crippen LogP contribution in [-0.2, 0) is 21.2 Å². The van der Waals surface area contributed by atoms with E-state index in [9.17, 15) is 13.2 Å². The van der Waals surface area contributed by atoms with Crippen molar-refractivity contribution in [1.29, 1.82) is 0 Å². The first kappa shape index (κ1) is 21.1. The van der Waals surface area contributed by atoms with Crippen LogP contribution in [-0.4, -0.2) is 25.9 Å². The molecule has 0 aliphatic heterocycles. The van der Waals surface area contributed by atoms with E-state index in [1.807, 2.05) is 30.3 Å². The zero-order valence-corrected chi connectivity index (χ0v) is 16.9. The van der Waals surface area contributed by atoms with Gasteiger partial charge in [0.15, 0.2) is 0 Å². The summed E-state index contributed by atoms with van der Waals surface area (Å²) in [5.41, 5.74) is 7.33. The molecule has 2 aromatic rings. The molecule has 1 atom stereocenters. The van der Waals surface area contributed by atoms with Gasteiger partial charge in [-0.3, -0.25) is 4.79 Å². The molecule has 4 N–H and O–H groups in total. The van der Waals surface area contributed by atoms with Crippen LogP contribution in [0, 0.1) is 6.92 Å². The number of sulfonamides is 1. The number of amides is 1. The fourth-order valence-electron chi connectivity index (χ4n) is 2.62. The van der Waals surface area contributed by atoms with Gasteiger partial charge < -0.3 is 11.1 Å². The molecule has 0 spiro atoms. The summed E-state index contributed by atoms with van der Waals surface area (Å²) in [5, 5.41) is 2.71. The van der Waals surface area contributed by atoms with Gasteiger partial charge in [0.25, 0.3) is 0 Å². The highest BCUT2D eigenvalue weighted by molar-refractivity contribution is 7.89. The van der Waals surface area contributed by atoms with E-state index in [-0.39, 0.29) is 10.8 Å². The van der Waals surface area contributed by atoms with E-state index in [0.717, 1.165) is 5.56 Å². The summed E-state index contributed by atoms with van der Waals surface area (Å²) in [5.74, 6) is -0.366. The Hall–Kier alpha value is -2.22. The Morgan fingerprint density at radius 1 is 1.11 bits per heavy atom. The lowest BCUT2D eigenvalue weighted by Crippen LogP contribution is -2.40. The van der Waals surface area contributed by atoms with Gasteiger partial charge in [-0.25, -0.2) is 13.1 Å². The molecule has 0 aliphatic rings. The van der Waals surface area contributed by atoms with Crippen LogP contribution in [0.4, 0.5) is 5.69 Å². The molecule has 0 aliphatic carbocycles. The number of hydrogen-bond donors (Lipinski definition) is 3. The van der Waals surface area contributed by atoms with E-state index in [1.54, 1.807) is 39.8 Å². The molecule has 0 saturated heterocycles. The van der Waals surface area contributed by atoms with Gasteiger partial charge in [0.05, 0.1) is 10.9 Å². The summed E-state index contributed by atoms with van der Waals surface area (Å²) >= 11 is 0. The van der Waals surface area contributed by atoms with Crippen molar-refractivity contribution < 1.29 is 13.2 Å². The Labute approximate surface area is 161 Å². The fourth-order valence-corrected chi connectivity index (χ4v) is 4.31. The molecule has 1 amide bonds. The van der Waals surface area contributed by atoms with Gasteiger partial charge in [-0.2, -0.15) is 0 Å². The molecule has 0 bridgehead atoms. The topological polar surface area (TPSA) is 101 Å². The van der Waals surface area contributed by atoms with Gasteiger partial charge in [-0.1, -0.05) is 36.4 Å². The van der Waals surface area contributed by atoms with Crippen molar-refractivity contribution in [2.45, 2.75) is 50.6 Å². The Morgan fingerprint density at radius 2 is 1.74 bits per heavy atom. The van der Waals surface area contributed by atoms with Crippen LogP contribution in [0.2, 0.25) is 0 Å². The predicted molar refractivity (Wildman–Crippen MR) is 108 cm³/mol. The smallest absolute Gasteiger partial charge is 0.241 e. The summed E-state index contributed by atoms with van der Waals surface area (Å²) in [6.07, 6.45) is 0.398. The fraction of sp³-hybridized carbons (Fsp3) is 0.350. The molecule has 0 saturated carbocycles. The van der Waals surface area contributed by atoms with E-state index in [1.165, 1.54) is 6.07 Å². The van der Waals surface area contributed by atoms with Crippen LogP contribution in [0.1, 0.15) is 31.9 Å². The molecule has 0 fully saturated rings. The SMILES string of the molecule is Cc1ccc(NC(=O)[C@@H](N)Cc2ccccc2)cc1S(=O)(=O)NC(C)(C)C. The molecule has 6 nitrogen and oxygen atoms in total. The zero-order chi connectivity index (χ0) is 20.2. The number of nitrogens with one attached hydrogen (secondary N) is 2. The number of aryl methyl sites for hydroxylation is 1. The van der Waals surface area contributed by atoms with Crippen molar-refractivity contribution in [3.63, 3.8) is 0 Å². The molecule has 146 valence electrons. The average Bonchev–Trinajstić information content (AvgIpc) is 2.55. The number of nitrogens with two attached hydrogens (primary N) is 1. The van der Waals surface area contributed by atoms with Crippen molar-refractivity contribution in [2.24, 2.45) is 5.73 Å². The molecule has 0 unspecified atom stereocenters. The third-order valence-electron chi connectivity index (χ3n) is 3.82. The van der Waals surface area contributed by atoms with Crippen molar-refractivity contribution in [2.75, 3.05) is 5.32 Å². The van der Waals surface area contributed by atoms with Gasteiger partial charge in [-0.05, 0) is 57.4 Å². The number of benzene rings is 2. The first-order valence-corrected chi connectivity index (χ1v) is 10.2. The minimum Gasteiger partial charge on any atom is -0.325 e. The van der Waals surface area contributed by atoms with Crippen LogP contribution in [0.15, 0.2) is 53.4 Å². The van der Waals surface area contributed by atoms with Crippen molar-refractivity contribution in [3.8, 4) is 0 Å². The van der Waals surface area contributed by atoms with Crippen molar-refractivity contribution in [1.82, 2.24) is 4.72 Å². The third-order valence-corrected chi connectivity index (χ3v) is 5.72. The molecule has 27 heavy (non-hydrogen) atoms. The molecule has 0 radical (unpaired) electrons. The Bertz CT molecular complexity index is 904. The van der Waals surface area contributed by atoms with Crippen LogP contribution >= 0.6 is 0 Å². The number of anilines is 1. The maximum Gasteiger partial charge on any atom is 0.241 e. The van der Waals surface area contributed by atoms with Gasteiger partial charge in [0, 0.05) is 11.2 Å². The quantitative estimate of drug-likeness (QED) is 0.707. The molecule has 0 heterocycles. The number of carbonyl (C=O) groups excluding carboxylic acids is 1. The van der Waals surface area contributed by atoms with Crippen LogP contribution in [0.25, 0.3) is 0 Å². The molecule has 0 aromatic heterocycles. The lowest BCUT2D eigenvalue weighted by molar-refractivity contribution is -0.117. The van der Waals surface area contributed by atoms with Crippen LogP contribution < -0.4 is 15.8 Å². The standard InChI is InChI=1S/C20H27N3O3S/c1-14-10-11-16(13-18(14)27(25,26)23-20(2,3)4)22-19(24)17(21)12-15-8-6-5-7-9-15/h5-11,13,17,23H,12,21H2,1-4H3,(H,22,24)/t17-/m0/s1. The van der Waals surface area contributed by atoms with Gasteiger partial charge in [0.1, 0.15) is 0 Å². The zero-order valence-electron chi connectivity index (χ0n) is 16.1. The normalized spacial score (nSPS) is 13.2. The number of rotatable bonds is 6. The maximum absolute atomic E-state index is 12.6. The van der Waals surface area contributed by atoms with Gasteiger partial charge >= 0.3 is 0 Å². The largest absolute Gasteiger partial charge is 0.325 e. The first-order chi connectivity index (χ1) is 12.5. The molecule has 2 aromatic carbocycles. The summed E-state index contributed by atoms with van der Waals surface area (Å²) in [6.45, 7) is 7.03. The van der Waals surface area contributed by atoms with Crippen molar-refractivity contribution >= 4 is 21.6 Å². The first-order valence-electron chi connectivity index (χ1n) is 8.73. The average molecular weight is 390 g/mol. The Balaban J connectivity index is 2.16. The lowest BCUT2D eigenvalue weighted by atomic mass is 10.1. The lowest BCUT2D eigenvalue weighted by Gasteiger charge is -2.21. The van der Waals surface area contributed by atoms with E-state index in [0.29, 0.717) is 17.7 Å². The summed E-state index contributed by atoms with van der Waals surface area (Å²) in [4.78, 5) is 12.5. The third kappa shape index (κ3) is 6.16. The minimum atomic E-state index is -3.71. The second-order valence-electron chi connectivity index (χ2n) is 7.62. The summed E-state index contributed by atoms with van der Waals surface area (Å²) in [7, 11) is -3.71. The molecular formula is C20H27N3O3S. The van der Waals surface area contributed by atoms with E-state index in [2.05, 4.69) is 10.0 Å². The highest BCUT2D eigenvalue weighted by Gasteiger charge is 2.24. The van der Waals surface area contributed by atoms with Gasteiger partial charge in [0.2, 0.25) is 15.9 Å². The molecule has 7 heteroatoms. The minimum absolute atomic E-state index is 0.131. The second kappa shape index (κ2) is 8.21. The predicted octanol–water partition coefficient (Wildman–Crippen LogP) is 2.58.